The number of alkyl halides is 2. The van der Waals surface area contributed by atoms with Crippen molar-refractivity contribution < 1.29 is 18.3 Å². The van der Waals surface area contributed by atoms with Gasteiger partial charge in [0.1, 0.15) is 5.70 Å². The van der Waals surface area contributed by atoms with Crippen LogP contribution >= 0.6 is 11.8 Å². The molecule has 0 saturated carbocycles. The van der Waals surface area contributed by atoms with E-state index < -0.39 is 11.9 Å². The second-order valence-corrected chi connectivity index (χ2v) is 5.96. The molecule has 0 aromatic heterocycles. The van der Waals surface area contributed by atoms with Gasteiger partial charge in [-0.1, -0.05) is 30.8 Å². The van der Waals surface area contributed by atoms with Crippen LogP contribution in [0.15, 0.2) is 34.9 Å². The Kier molecular flexibility index (Phi) is 5.11. The topological polar surface area (TPSA) is 29.5 Å². The van der Waals surface area contributed by atoms with Crippen LogP contribution in [0.25, 0.3) is 0 Å². The van der Waals surface area contributed by atoms with Gasteiger partial charge in [-0.3, -0.25) is 0 Å². The van der Waals surface area contributed by atoms with Gasteiger partial charge in [0, 0.05) is 12.6 Å². The fourth-order valence-corrected chi connectivity index (χ4v) is 3.36. The molecule has 2 rings (SSSR count). The summed E-state index contributed by atoms with van der Waals surface area (Å²) in [4.78, 5) is 13.5. The number of thioether (sulfide) groups is 1. The number of nitrogens with zero attached hydrogens (tertiary/aromatic N) is 1. The predicted molar refractivity (Wildman–Crippen MR) is 85.0 cm³/mol. The number of hydrogen-bond donors (Lipinski definition) is 0. The molecule has 120 valence electrons. The van der Waals surface area contributed by atoms with Crippen LogP contribution in [-0.2, 0) is 16.0 Å². The van der Waals surface area contributed by atoms with Crippen molar-refractivity contribution in [3.8, 4) is 0 Å². The van der Waals surface area contributed by atoms with Crippen LogP contribution in [0.3, 0.4) is 0 Å². The van der Waals surface area contributed by atoms with E-state index in [0.717, 1.165) is 30.7 Å². The third-order valence-electron chi connectivity index (χ3n) is 3.35. The van der Waals surface area contributed by atoms with Crippen LogP contribution in [0.2, 0.25) is 0 Å². The van der Waals surface area contributed by atoms with Crippen LogP contribution in [0.1, 0.15) is 26.3 Å². The van der Waals surface area contributed by atoms with Gasteiger partial charge in [0.25, 0.3) is 5.92 Å². The van der Waals surface area contributed by atoms with Crippen molar-refractivity contribution in [2.45, 2.75) is 33.1 Å². The van der Waals surface area contributed by atoms with E-state index in [9.17, 15) is 13.6 Å². The van der Waals surface area contributed by atoms with E-state index >= 15 is 0 Å². The first-order chi connectivity index (χ1) is 10.4. The van der Waals surface area contributed by atoms with Crippen LogP contribution in [0.4, 0.5) is 14.5 Å². The normalized spacial score (nSPS) is 15.4. The Morgan fingerprint density at radius 3 is 2.45 bits per heavy atom. The first kappa shape index (κ1) is 16.8. The maximum atomic E-state index is 13.8. The summed E-state index contributed by atoms with van der Waals surface area (Å²) in [7, 11) is 0. The molecule has 6 heteroatoms. The van der Waals surface area contributed by atoms with E-state index in [1.165, 1.54) is 0 Å². The molecule has 1 aromatic carbocycles. The van der Waals surface area contributed by atoms with Gasteiger partial charge in [0.05, 0.1) is 17.4 Å². The zero-order chi connectivity index (χ0) is 16.3. The van der Waals surface area contributed by atoms with E-state index in [1.54, 1.807) is 11.8 Å². The van der Waals surface area contributed by atoms with E-state index in [2.05, 4.69) is 0 Å². The summed E-state index contributed by atoms with van der Waals surface area (Å²) in [5.74, 6) is -3.49. The van der Waals surface area contributed by atoms with Crippen molar-refractivity contribution >= 4 is 23.4 Å². The molecular weight excluding hydrogens is 308 g/mol. The molecule has 1 aliphatic heterocycles. The van der Waals surface area contributed by atoms with E-state index in [0.29, 0.717) is 5.69 Å². The van der Waals surface area contributed by atoms with Crippen molar-refractivity contribution in [2.24, 2.45) is 0 Å². The minimum atomic E-state index is -3.06. The highest BCUT2D eigenvalue weighted by Gasteiger charge is 2.41. The van der Waals surface area contributed by atoms with Gasteiger partial charge in [0.15, 0.2) is 0 Å². The average Bonchev–Trinajstić information content (AvgIpc) is 2.92. The quantitative estimate of drug-likeness (QED) is 0.759. The summed E-state index contributed by atoms with van der Waals surface area (Å²) in [6.45, 7) is 4.65. The van der Waals surface area contributed by atoms with Gasteiger partial charge >= 0.3 is 5.97 Å². The molecule has 0 unspecified atom stereocenters. The Labute approximate surface area is 133 Å². The monoisotopic (exact) mass is 327 g/mol. The molecule has 0 bridgehead atoms. The van der Waals surface area contributed by atoms with Gasteiger partial charge in [-0.15, -0.1) is 0 Å². The number of anilines is 1. The summed E-state index contributed by atoms with van der Waals surface area (Å²) in [5.41, 5.74) is 1.81. The minimum Gasteiger partial charge on any atom is -0.461 e. The lowest BCUT2D eigenvalue weighted by Crippen LogP contribution is -2.27. The molecule has 1 heterocycles. The SMILES string of the molecule is CCOC(=O)C1=C(C(C)(F)F)SCN1c1ccc(CC)cc1. The van der Waals surface area contributed by atoms with Gasteiger partial charge in [-0.05, 0) is 31.0 Å². The molecule has 0 amide bonds. The van der Waals surface area contributed by atoms with Gasteiger partial charge in [-0.2, -0.15) is 0 Å². The molecule has 22 heavy (non-hydrogen) atoms. The molecule has 1 aliphatic rings. The Hall–Kier alpha value is -1.56. The summed E-state index contributed by atoms with van der Waals surface area (Å²) in [6, 6.07) is 7.56. The van der Waals surface area contributed by atoms with Crippen LogP contribution in [-0.4, -0.2) is 24.4 Å². The molecule has 0 N–H and O–H groups in total. The lowest BCUT2D eigenvalue weighted by molar-refractivity contribution is -0.138. The number of ether oxygens (including phenoxy) is 1. The number of halogens is 2. The van der Waals surface area contributed by atoms with Gasteiger partial charge < -0.3 is 9.64 Å². The maximum Gasteiger partial charge on any atom is 0.356 e. The van der Waals surface area contributed by atoms with Crippen LogP contribution < -0.4 is 4.90 Å². The van der Waals surface area contributed by atoms with Crippen LogP contribution in [0.5, 0.6) is 0 Å². The molecule has 1 aromatic rings. The number of allylic oxidation sites excluding steroid dienone is 1. The number of carbonyl (C=O) groups is 1. The number of aryl methyl sites for hydroxylation is 1. The molecule has 0 aliphatic carbocycles. The standard InChI is InChI=1S/C16H19F2NO2S/c1-4-11-6-8-12(9-7-11)19-10-22-14(16(3,17)18)13(19)15(20)21-5-2/h6-9H,4-5,10H2,1-3H3. The molecule has 0 radical (unpaired) electrons. The Bertz CT molecular complexity index is 579. The second kappa shape index (κ2) is 6.69. The summed E-state index contributed by atoms with van der Waals surface area (Å²) in [6.07, 6.45) is 0.897. The molecule has 0 atom stereocenters. The third-order valence-corrected chi connectivity index (χ3v) is 4.57. The fourth-order valence-electron chi connectivity index (χ4n) is 2.24. The van der Waals surface area contributed by atoms with Crippen molar-refractivity contribution in [3.05, 3.63) is 40.4 Å². The zero-order valence-corrected chi connectivity index (χ0v) is 13.7. The van der Waals surface area contributed by atoms with Crippen molar-refractivity contribution in [2.75, 3.05) is 17.4 Å². The van der Waals surface area contributed by atoms with Crippen molar-refractivity contribution in [1.29, 1.82) is 0 Å². The Balaban J connectivity index is 2.41. The fraction of sp³-hybridized carbons (Fsp3) is 0.438. The smallest absolute Gasteiger partial charge is 0.356 e. The molecular formula is C16H19F2NO2S. The summed E-state index contributed by atoms with van der Waals surface area (Å²) < 4.78 is 32.5. The second-order valence-electron chi connectivity index (χ2n) is 5.01. The van der Waals surface area contributed by atoms with Crippen LogP contribution in [0, 0.1) is 0 Å². The largest absolute Gasteiger partial charge is 0.461 e. The zero-order valence-electron chi connectivity index (χ0n) is 12.9. The molecule has 3 nitrogen and oxygen atoms in total. The van der Waals surface area contributed by atoms with Crippen molar-refractivity contribution in [3.63, 3.8) is 0 Å². The first-order valence-corrected chi connectivity index (χ1v) is 8.16. The summed E-state index contributed by atoms with van der Waals surface area (Å²) in [5, 5.41) is 0. The highest BCUT2D eigenvalue weighted by Crippen LogP contribution is 2.44. The maximum absolute atomic E-state index is 13.8. The highest BCUT2D eigenvalue weighted by molar-refractivity contribution is 8.03. The van der Waals surface area contributed by atoms with E-state index in [-0.39, 0.29) is 23.1 Å². The molecule has 0 saturated heterocycles. The molecule has 0 spiro atoms. The lowest BCUT2D eigenvalue weighted by atomic mass is 10.1. The predicted octanol–water partition coefficient (Wildman–Crippen LogP) is 4.19. The number of carbonyl (C=O) groups excluding carboxylic acids is 1. The Morgan fingerprint density at radius 1 is 1.32 bits per heavy atom. The first-order valence-electron chi connectivity index (χ1n) is 7.17. The lowest BCUT2D eigenvalue weighted by Gasteiger charge is -2.21. The minimum absolute atomic E-state index is 0.0522. The Morgan fingerprint density at radius 2 is 1.95 bits per heavy atom. The summed E-state index contributed by atoms with van der Waals surface area (Å²) >= 11 is 0.979. The van der Waals surface area contributed by atoms with E-state index in [4.69, 9.17) is 4.74 Å². The average molecular weight is 327 g/mol. The molecule has 0 fully saturated rings. The van der Waals surface area contributed by atoms with Crippen molar-refractivity contribution in [1.82, 2.24) is 0 Å². The third kappa shape index (κ3) is 3.43. The number of benzene rings is 1. The highest BCUT2D eigenvalue weighted by atomic mass is 32.2. The number of hydrogen-bond acceptors (Lipinski definition) is 4. The van der Waals surface area contributed by atoms with Gasteiger partial charge in [-0.25, -0.2) is 13.6 Å². The van der Waals surface area contributed by atoms with E-state index in [1.807, 2.05) is 31.2 Å². The number of rotatable bonds is 5. The number of esters is 1. The van der Waals surface area contributed by atoms with Gasteiger partial charge in [0.2, 0.25) is 0 Å².